The van der Waals surface area contributed by atoms with Crippen LogP contribution in [0.15, 0.2) is 18.3 Å². The lowest BCUT2D eigenvalue weighted by molar-refractivity contribution is -0.0553. The first-order valence-electron chi connectivity index (χ1n) is 7.13. The molecule has 1 saturated heterocycles. The van der Waals surface area contributed by atoms with Crippen molar-refractivity contribution in [2.24, 2.45) is 0 Å². The zero-order chi connectivity index (χ0) is 13.7. The summed E-state index contributed by atoms with van der Waals surface area (Å²) in [6.45, 7) is 11.2. The summed E-state index contributed by atoms with van der Waals surface area (Å²) in [5.41, 5.74) is 1.37. The average Bonchev–Trinajstić information content (AvgIpc) is 2.40. The molecule has 0 aromatic carbocycles. The molecule has 1 fully saturated rings. The third kappa shape index (κ3) is 3.91. The van der Waals surface area contributed by atoms with Gasteiger partial charge in [0.25, 0.3) is 0 Å². The third-order valence-corrected chi connectivity index (χ3v) is 3.57. The van der Waals surface area contributed by atoms with Gasteiger partial charge in [0.15, 0.2) is 0 Å². The molecule has 0 radical (unpaired) electrons. The Morgan fingerprint density at radius 1 is 1.42 bits per heavy atom. The molecule has 1 aliphatic heterocycles. The van der Waals surface area contributed by atoms with E-state index in [9.17, 15) is 0 Å². The molecule has 19 heavy (non-hydrogen) atoms. The van der Waals surface area contributed by atoms with E-state index in [4.69, 9.17) is 4.74 Å². The largest absolute Gasteiger partial charge is 0.378 e. The summed E-state index contributed by atoms with van der Waals surface area (Å²) >= 11 is 0. The zero-order valence-corrected chi connectivity index (χ0v) is 12.3. The fourth-order valence-corrected chi connectivity index (χ4v) is 2.28. The Balaban J connectivity index is 1.95. The van der Waals surface area contributed by atoms with E-state index in [1.165, 1.54) is 5.56 Å². The van der Waals surface area contributed by atoms with E-state index in [1.54, 1.807) is 0 Å². The molecule has 0 saturated carbocycles. The Kier molecular flexibility index (Phi) is 4.77. The van der Waals surface area contributed by atoms with E-state index in [0.717, 1.165) is 45.1 Å². The van der Waals surface area contributed by atoms with Gasteiger partial charge in [0, 0.05) is 31.4 Å². The van der Waals surface area contributed by atoms with Crippen LogP contribution in [0.5, 0.6) is 0 Å². The predicted octanol–water partition coefficient (Wildman–Crippen LogP) is 2.51. The van der Waals surface area contributed by atoms with Gasteiger partial charge in [-0.2, -0.15) is 0 Å². The fraction of sp³-hybridized carbons (Fsp3) is 0.667. The number of nitrogens with one attached hydrogen (secondary N) is 1. The normalized spacial score (nSPS) is 19.3. The van der Waals surface area contributed by atoms with Gasteiger partial charge in [-0.25, -0.2) is 4.98 Å². The minimum absolute atomic E-state index is 0.109. The summed E-state index contributed by atoms with van der Waals surface area (Å²) in [5.74, 6) is 0.965. The summed E-state index contributed by atoms with van der Waals surface area (Å²) in [4.78, 5) is 6.93. The summed E-state index contributed by atoms with van der Waals surface area (Å²) < 4.78 is 5.55. The van der Waals surface area contributed by atoms with Gasteiger partial charge in [0.05, 0.1) is 13.2 Å². The lowest BCUT2D eigenvalue weighted by atomic mass is 10.0. The van der Waals surface area contributed by atoms with Crippen LogP contribution in [0.25, 0.3) is 0 Å². The van der Waals surface area contributed by atoms with Crippen LogP contribution < -0.4 is 5.32 Å². The monoisotopic (exact) mass is 263 g/mol. The zero-order valence-electron chi connectivity index (χ0n) is 12.3. The molecule has 106 valence electrons. The minimum Gasteiger partial charge on any atom is -0.378 e. The van der Waals surface area contributed by atoms with Gasteiger partial charge in [-0.05, 0) is 31.9 Å². The molecular weight excluding hydrogens is 238 g/mol. The maximum absolute atomic E-state index is 5.55. The number of ether oxygens (including phenoxy) is 1. The van der Waals surface area contributed by atoms with Crippen molar-refractivity contribution in [3.8, 4) is 0 Å². The van der Waals surface area contributed by atoms with Crippen LogP contribution in [0.1, 0.15) is 32.8 Å². The van der Waals surface area contributed by atoms with Gasteiger partial charge in [0.2, 0.25) is 0 Å². The van der Waals surface area contributed by atoms with E-state index in [1.807, 2.05) is 6.20 Å². The van der Waals surface area contributed by atoms with Gasteiger partial charge in [-0.3, -0.25) is 4.90 Å². The number of morpholine rings is 1. The van der Waals surface area contributed by atoms with Gasteiger partial charge in [-0.15, -0.1) is 0 Å². The van der Waals surface area contributed by atoms with Gasteiger partial charge < -0.3 is 10.1 Å². The van der Waals surface area contributed by atoms with E-state index in [0.29, 0.717) is 0 Å². The molecule has 0 spiro atoms. The van der Waals surface area contributed by atoms with E-state index in [2.05, 4.69) is 48.1 Å². The van der Waals surface area contributed by atoms with Gasteiger partial charge >= 0.3 is 0 Å². The quantitative estimate of drug-likeness (QED) is 0.886. The topological polar surface area (TPSA) is 37.4 Å². The molecule has 1 N–H and O–H groups in total. The average molecular weight is 263 g/mol. The van der Waals surface area contributed by atoms with Crippen molar-refractivity contribution in [2.75, 3.05) is 31.6 Å². The number of aromatic nitrogens is 1. The van der Waals surface area contributed by atoms with E-state index < -0.39 is 0 Å². The van der Waals surface area contributed by atoms with Crippen LogP contribution in [0, 0.1) is 0 Å². The standard InChI is InChI=1S/C15H25N3O/c1-4-7-16-14-6-5-13(10-17-14)11-18-8-9-19-12-15(18,2)3/h5-6,10H,4,7-9,11-12H2,1-3H3,(H,16,17). The molecule has 1 aliphatic rings. The minimum atomic E-state index is 0.109. The summed E-state index contributed by atoms with van der Waals surface area (Å²) in [6.07, 6.45) is 3.09. The van der Waals surface area contributed by atoms with Crippen LogP contribution in [0.2, 0.25) is 0 Å². The molecule has 0 amide bonds. The van der Waals surface area contributed by atoms with Crippen molar-refractivity contribution in [1.82, 2.24) is 9.88 Å². The van der Waals surface area contributed by atoms with Crippen LogP contribution >= 0.6 is 0 Å². The van der Waals surface area contributed by atoms with Crippen LogP contribution in [0.4, 0.5) is 5.82 Å². The molecule has 0 unspecified atom stereocenters. The molecule has 4 heteroatoms. The van der Waals surface area contributed by atoms with Crippen molar-refractivity contribution >= 4 is 5.82 Å². The predicted molar refractivity (Wildman–Crippen MR) is 78.3 cm³/mol. The number of hydrogen-bond acceptors (Lipinski definition) is 4. The third-order valence-electron chi connectivity index (χ3n) is 3.57. The summed E-state index contributed by atoms with van der Waals surface area (Å²) in [5, 5.41) is 3.30. The maximum atomic E-state index is 5.55. The highest BCUT2D eigenvalue weighted by Gasteiger charge is 2.30. The van der Waals surface area contributed by atoms with Crippen molar-refractivity contribution < 1.29 is 4.74 Å². The maximum Gasteiger partial charge on any atom is 0.125 e. The molecule has 4 nitrogen and oxygen atoms in total. The second-order valence-electron chi connectivity index (χ2n) is 5.77. The molecule has 0 bridgehead atoms. The number of rotatable bonds is 5. The molecule has 0 atom stereocenters. The molecule has 2 heterocycles. The lowest BCUT2D eigenvalue weighted by Crippen LogP contribution is -2.52. The highest BCUT2D eigenvalue weighted by atomic mass is 16.5. The molecule has 1 aromatic heterocycles. The van der Waals surface area contributed by atoms with Crippen LogP contribution in [-0.4, -0.2) is 41.7 Å². The van der Waals surface area contributed by atoms with Crippen molar-refractivity contribution in [3.05, 3.63) is 23.9 Å². The smallest absolute Gasteiger partial charge is 0.125 e. The van der Waals surface area contributed by atoms with Crippen molar-refractivity contribution in [3.63, 3.8) is 0 Å². The molecule has 2 rings (SSSR count). The number of pyridine rings is 1. The highest BCUT2D eigenvalue weighted by molar-refractivity contribution is 5.35. The van der Waals surface area contributed by atoms with E-state index in [-0.39, 0.29) is 5.54 Å². The van der Waals surface area contributed by atoms with Gasteiger partial charge in [0.1, 0.15) is 5.82 Å². The highest BCUT2D eigenvalue weighted by Crippen LogP contribution is 2.21. The first-order chi connectivity index (χ1) is 9.12. The Labute approximate surface area is 116 Å². The Hall–Kier alpha value is -1.13. The summed E-state index contributed by atoms with van der Waals surface area (Å²) in [7, 11) is 0. The Morgan fingerprint density at radius 3 is 2.89 bits per heavy atom. The van der Waals surface area contributed by atoms with Crippen LogP contribution in [-0.2, 0) is 11.3 Å². The summed E-state index contributed by atoms with van der Waals surface area (Å²) in [6, 6.07) is 4.23. The Morgan fingerprint density at radius 2 is 2.26 bits per heavy atom. The number of hydrogen-bond donors (Lipinski definition) is 1. The number of nitrogens with zero attached hydrogens (tertiary/aromatic N) is 2. The Bertz CT molecular complexity index is 389. The van der Waals surface area contributed by atoms with Crippen molar-refractivity contribution in [1.29, 1.82) is 0 Å². The van der Waals surface area contributed by atoms with Gasteiger partial charge in [-0.1, -0.05) is 13.0 Å². The second-order valence-corrected chi connectivity index (χ2v) is 5.77. The second kappa shape index (κ2) is 6.35. The molecule has 0 aliphatic carbocycles. The lowest BCUT2D eigenvalue weighted by Gasteiger charge is -2.42. The van der Waals surface area contributed by atoms with Crippen LogP contribution in [0.3, 0.4) is 0 Å². The fourth-order valence-electron chi connectivity index (χ4n) is 2.28. The first kappa shape index (κ1) is 14.3. The van der Waals surface area contributed by atoms with Crippen molar-refractivity contribution in [2.45, 2.75) is 39.3 Å². The number of anilines is 1. The van der Waals surface area contributed by atoms with E-state index >= 15 is 0 Å². The molecular formula is C15H25N3O. The first-order valence-corrected chi connectivity index (χ1v) is 7.13. The SMILES string of the molecule is CCCNc1ccc(CN2CCOCC2(C)C)cn1. The molecule has 1 aromatic rings.